The molecule has 0 bridgehead atoms. The summed E-state index contributed by atoms with van der Waals surface area (Å²) >= 11 is 12.2. The molecular formula is C23H22Cl2N4O4. The number of benzene rings is 2. The van der Waals surface area contributed by atoms with Crippen LogP contribution >= 0.6 is 23.2 Å². The lowest BCUT2D eigenvalue weighted by atomic mass is 9.95. The van der Waals surface area contributed by atoms with Gasteiger partial charge in [0.05, 0.1) is 24.2 Å². The van der Waals surface area contributed by atoms with E-state index in [1.54, 1.807) is 42.5 Å². The Bertz CT molecular complexity index is 1160. The van der Waals surface area contributed by atoms with Crippen LogP contribution in [0.2, 0.25) is 10.0 Å². The maximum atomic E-state index is 12.7. The summed E-state index contributed by atoms with van der Waals surface area (Å²) in [4.78, 5) is 31.0. The second kappa shape index (κ2) is 10.3. The number of aromatic nitrogens is 2. The summed E-state index contributed by atoms with van der Waals surface area (Å²) in [5.74, 6) is 0.277. The molecule has 0 aliphatic carbocycles. The fourth-order valence-corrected chi connectivity index (χ4v) is 4.22. The highest BCUT2D eigenvalue weighted by atomic mass is 35.5. The highest BCUT2D eigenvalue weighted by Gasteiger charge is 2.26. The van der Waals surface area contributed by atoms with Crippen LogP contribution in [0.15, 0.2) is 47.0 Å². The second-order valence-electron chi connectivity index (χ2n) is 7.75. The summed E-state index contributed by atoms with van der Waals surface area (Å²) in [7, 11) is 1.32. The average molecular weight is 489 g/mol. The number of amides is 1. The lowest BCUT2D eigenvalue weighted by molar-refractivity contribution is -0.121. The zero-order chi connectivity index (χ0) is 23.4. The van der Waals surface area contributed by atoms with Crippen molar-refractivity contribution >= 4 is 40.8 Å². The van der Waals surface area contributed by atoms with E-state index in [1.807, 2.05) is 0 Å². The monoisotopic (exact) mass is 488 g/mol. The van der Waals surface area contributed by atoms with Crippen LogP contribution in [0.4, 0.5) is 5.69 Å². The molecule has 1 N–H and O–H groups in total. The van der Waals surface area contributed by atoms with Gasteiger partial charge in [0.1, 0.15) is 0 Å². The maximum absolute atomic E-state index is 12.7. The summed E-state index contributed by atoms with van der Waals surface area (Å²) in [5.41, 5.74) is 1.62. The van der Waals surface area contributed by atoms with E-state index in [2.05, 4.69) is 20.4 Å². The number of halogens is 2. The Labute approximate surface area is 200 Å². The maximum Gasteiger partial charge on any atom is 0.337 e. The van der Waals surface area contributed by atoms with Gasteiger partial charge in [0.15, 0.2) is 0 Å². The van der Waals surface area contributed by atoms with E-state index in [4.69, 9.17) is 32.5 Å². The lowest BCUT2D eigenvalue weighted by Gasteiger charge is -2.30. The minimum atomic E-state index is -0.443. The number of ether oxygens (including phenoxy) is 1. The van der Waals surface area contributed by atoms with Gasteiger partial charge in [-0.15, -0.1) is 0 Å². The van der Waals surface area contributed by atoms with Crippen molar-refractivity contribution in [3.63, 3.8) is 0 Å². The van der Waals surface area contributed by atoms with E-state index in [9.17, 15) is 9.59 Å². The summed E-state index contributed by atoms with van der Waals surface area (Å²) in [6.07, 6.45) is 1.40. The van der Waals surface area contributed by atoms with Gasteiger partial charge in [-0.3, -0.25) is 9.69 Å². The number of hydrogen-bond acceptors (Lipinski definition) is 7. The first-order valence-corrected chi connectivity index (χ1v) is 11.2. The van der Waals surface area contributed by atoms with Gasteiger partial charge in [0.2, 0.25) is 17.6 Å². The number of anilines is 1. The first-order chi connectivity index (χ1) is 15.9. The van der Waals surface area contributed by atoms with E-state index in [-0.39, 0.29) is 11.8 Å². The third-order valence-corrected chi connectivity index (χ3v) is 6.06. The van der Waals surface area contributed by atoms with Gasteiger partial charge in [-0.1, -0.05) is 34.4 Å². The minimum absolute atomic E-state index is 0.0610. The molecule has 0 unspecified atom stereocenters. The Hall–Kier alpha value is -2.94. The van der Waals surface area contributed by atoms with E-state index < -0.39 is 5.97 Å². The number of carbonyl (C=O) groups is 2. The van der Waals surface area contributed by atoms with Crippen LogP contribution in [0.3, 0.4) is 0 Å². The zero-order valence-corrected chi connectivity index (χ0v) is 19.4. The second-order valence-corrected chi connectivity index (χ2v) is 8.59. The van der Waals surface area contributed by atoms with E-state index in [1.165, 1.54) is 7.11 Å². The van der Waals surface area contributed by atoms with Crippen molar-refractivity contribution in [1.29, 1.82) is 0 Å². The molecule has 8 nitrogen and oxygen atoms in total. The van der Waals surface area contributed by atoms with Crippen molar-refractivity contribution in [2.24, 2.45) is 5.92 Å². The van der Waals surface area contributed by atoms with Gasteiger partial charge in [0.25, 0.3) is 0 Å². The number of hydrogen-bond donors (Lipinski definition) is 1. The van der Waals surface area contributed by atoms with Crippen molar-refractivity contribution in [1.82, 2.24) is 15.0 Å². The highest BCUT2D eigenvalue weighted by molar-refractivity contribution is 6.36. The summed E-state index contributed by atoms with van der Waals surface area (Å²) < 4.78 is 10.1. The predicted octanol–water partition coefficient (Wildman–Crippen LogP) is 4.68. The number of nitrogens with one attached hydrogen (secondary N) is 1. The largest absolute Gasteiger partial charge is 0.465 e. The van der Waals surface area contributed by atoms with Gasteiger partial charge in [-0.05, 0) is 62.3 Å². The molecule has 2 aromatic carbocycles. The molecule has 0 saturated carbocycles. The summed E-state index contributed by atoms with van der Waals surface area (Å²) in [5, 5.41) is 7.91. The number of methoxy groups -OCH3 is 1. The molecular weight excluding hydrogens is 467 g/mol. The number of likely N-dealkylation sites (tertiary alicyclic amines) is 1. The highest BCUT2D eigenvalue weighted by Crippen LogP contribution is 2.29. The van der Waals surface area contributed by atoms with Crippen molar-refractivity contribution in [2.75, 3.05) is 25.5 Å². The molecule has 0 atom stereocenters. The number of carbonyl (C=O) groups excluding carboxylic acids is 2. The van der Waals surface area contributed by atoms with Crippen molar-refractivity contribution in [2.45, 2.75) is 19.4 Å². The van der Waals surface area contributed by atoms with Crippen LogP contribution in [0, 0.1) is 5.92 Å². The van der Waals surface area contributed by atoms with Gasteiger partial charge in [-0.2, -0.15) is 4.98 Å². The molecule has 4 rings (SSSR count). The van der Waals surface area contributed by atoms with Crippen LogP contribution in [-0.4, -0.2) is 47.1 Å². The Morgan fingerprint density at radius 2 is 1.97 bits per heavy atom. The average Bonchev–Trinajstić information content (AvgIpc) is 3.27. The summed E-state index contributed by atoms with van der Waals surface area (Å²) in [6.45, 7) is 1.94. The van der Waals surface area contributed by atoms with Crippen LogP contribution in [0.25, 0.3) is 11.4 Å². The number of nitrogens with zero attached hydrogens (tertiary/aromatic N) is 3. The Morgan fingerprint density at radius 1 is 1.18 bits per heavy atom. The SMILES string of the molecule is COC(=O)c1cccc(NC(=O)C2CCN(Cc3nc(-c4ccc(Cl)cc4Cl)no3)CC2)c1. The van der Waals surface area contributed by atoms with E-state index in [0.29, 0.717) is 58.0 Å². The van der Waals surface area contributed by atoms with Crippen molar-refractivity contribution in [3.05, 3.63) is 64.0 Å². The standard InChI is InChI=1S/C23H22Cl2N4O4/c1-32-23(31)15-3-2-4-17(11-15)26-22(30)14-7-9-29(10-8-14)13-20-27-21(28-33-20)18-6-5-16(24)12-19(18)25/h2-6,11-12,14H,7-10,13H2,1H3,(H,26,30). The molecule has 1 aliphatic rings. The van der Waals surface area contributed by atoms with Crippen LogP contribution in [0.1, 0.15) is 29.1 Å². The van der Waals surface area contributed by atoms with Gasteiger partial charge in [0, 0.05) is 22.2 Å². The quantitative estimate of drug-likeness (QED) is 0.502. The van der Waals surface area contributed by atoms with Gasteiger partial charge in [-0.25, -0.2) is 4.79 Å². The third kappa shape index (κ3) is 5.71. The summed E-state index contributed by atoms with van der Waals surface area (Å²) in [6, 6.07) is 11.8. The molecule has 1 aliphatic heterocycles. The molecule has 1 amide bonds. The Morgan fingerprint density at radius 3 is 2.70 bits per heavy atom. The van der Waals surface area contributed by atoms with Crippen molar-refractivity contribution < 1.29 is 18.8 Å². The number of esters is 1. The van der Waals surface area contributed by atoms with Crippen LogP contribution < -0.4 is 5.32 Å². The molecule has 1 fully saturated rings. The molecule has 1 saturated heterocycles. The van der Waals surface area contributed by atoms with Crippen LogP contribution in [0.5, 0.6) is 0 Å². The normalized spacial score (nSPS) is 14.8. The van der Waals surface area contributed by atoms with Gasteiger partial charge < -0.3 is 14.6 Å². The molecule has 3 aromatic rings. The molecule has 172 valence electrons. The Balaban J connectivity index is 1.30. The fourth-order valence-electron chi connectivity index (χ4n) is 3.73. The lowest BCUT2D eigenvalue weighted by Crippen LogP contribution is -2.37. The van der Waals surface area contributed by atoms with E-state index in [0.717, 1.165) is 13.1 Å². The number of piperidine rings is 1. The topological polar surface area (TPSA) is 97.6 Å². The van der Waals surface area contributed by atoms with Crippen LogP contribution in [-0.2, 0) is 16.1 Å². The molecule has 2 heterocycles. The third-order valence-electron chi connectivity index (χ3n) is 5.51. The molecule has 0 radical (unpaired) electrons. The molecule has 0 spiro atoms. The first kappa shape index (κ1) is 23.2. The minimum Gasteiger partial charge on any atom is -0.465 e. The molecule has 10 heteroatoms. The smallest absolute Gasteiger partial charge is 0.337 e. The fraction of sp³-hybridized carbons (Fsp3) is 0.304. The van der Waals surface area contributed by atoms with Crippen molar-refractivity contribution in [3.8, 4) is 11.4 Å². The van der Waals surface area contributed by atoms with E-state index >= 15 is 0 Å². The first-order valence-electron chi connectivity index (χ1n) is 10.4. The predicted molar refractivity (Wildman–Crippen MR) is 124 cm³/mol. The van der Waals surface area contributed by atoms with Gasteiger partial charge >= 0.3 is 5.97 Å². The Kier molecular flexibility index (Phi) is 7.27. The number of rotatable bonds is 6. The molecule has 33 heavy (non-hydrogen) atoms. The molecule has 1 aromatic heterocycles. The zero-order valence-electron chi connectivity index (χ0n) is 17.9.